The number of ether oxygens (including phenoxy) is 1. The van der Waals surface area contributed by atoms with Crippen LogP contribution in [0, 0.1) is 35.5 Å². The highest BCUT2D eigenvalue weighted by Crippen LogP contribution is 2.65. The smallest absolute Gasteiger partial charge is 0.337 e. The van der Waals surface area contributed by atoms with Gasteiger partial charge in [0.2, 0.25) is 11.8 Å². The maximum absolute atomic E-state index is 13.0. The van der Waals surface area contributed by atoms with E-state index in [9.17, 15) is 14.4 Å². The summed E-state index contributed by atoms with van der Waals surface area (Å²) in [4.78, 5) is 39.0. The van der Waals surface area contributed by atoms with Crippen LogP contribution in [0.4, 0.5) is 5.69 Å². The number of carbonyl (C=O) groups is 3. The fourth-order valence-electron chi connectivity index (χ4n) is 5.10. The Kier molecular flexibility index (Phi) is 2.65. The van der Waals surface area contributed by atoms with Crippen molar-refractivity contribution in [3.05, 3.63) is 42.0 Å². The first-order chi connectivity index (χ1) is 11.6. The summed E-state index contributed by atoms with van der Waals surface area (Å²) in [6.45, 7) is 0. The molecule has 1 aromatic rings. The number of benzene rings is 1. The molecule has 1 aromatic carbocycles. The van der Waals surface area contributed by atoms with Gasteiger partial charge < -0.3 is 4.74 Å². The first-order valence-electron chi connectivity index (χ1n) is 8.36. The third kappa shape index (κ3) is 1.62. The number of carbonyl (C=O) groups excluding carboxylic acids is 3. The summed E-state index contributed by atoms with van der Waals surface area (Å²) in [6.07, 6.45) is 5.45. The maximum Gasteiger partial charge on any atom is 0.337 e. The van der Waals surface area contributed by atoms with Crippen LogP contribution in [0.15, 0.2) is 36.4 Å². The fourth-order valence-corrected chi connectivity index (χ4v) is 5.10. The van der Waals surface area contributed by atoms with E-state index in [4.69, 9.17) is 4.74 Å². The van der Waals surface area contributed by atoms with E-state index in [1.165, 1.54) is 12.0 Å². The number of amides is 2. The van der Waals surface area contributed by atoms with Gasteiger partial charge in [-0.2, -0.15) is 0 Å². The minimum absolute atomic E-state index is 0.114. The molecule has 6 rings (SSSR count). The summed E-state index contributed by atoms with van der Waals surface area (Å²) < 4.78 is 4.73. The molecule has 3 fully saturated rings. The van der Waals surface area contributed by atoms with Crippen LogP contribution in [0.5, 0.6) is 0 Å². The standard InChI is InChI=1S/C19H17NO4/c1-24-19(23)9-3-2-4-10(7-9)20-17(21)15-11-5-6-12(14-8-13(11)14)16(15)18(20)22/h2-7,11-16H,8H2,1H3/t11-,12-,13-,14+,15-,16-/m1/s1. The van der Waals surface area contributed by atoms with Crippen molar-refractivity contribution < 1.29 is 19.1 Å². The highest BCUT2D eigenvalue weighted by molar-refractivity contribution is 6.22. The topological polar surface area (TPSA) is 63.7 Å². The molecule has 1 heterocycles. The predicted octanol–water partition coefficient (Wildman–Crippen LogP) is 2.03. The van der Waals surface area contributed by atoms with E-state index in [-0.39, 0.29) is 35.5 Å². The number of methoxy groups -OCH3 is 1. The van der Waals surface area contributed by atoms with Crippen LogP contribution in [0.25, 0.3) is 0 Å². The van der Waals surface area contributed by atoms with E-state index in [1.54, 1.807) is 24.3 Å². The second-order valence-corrected chi connectivity index (χ2v) is 7.21. The zero-order chi connectivity index (χ0) is 16.6. The predicted molar refractivity (Wildman–Crippen MR) is 85.0 cm³/mol. The summed E-state index contributed by atoms with van der Waals surface area (Å²) in [5.41, 5.74) is 0.810. The van der Waals surface area contributed by atoms with Gasteiger partial charge in [0.05, 0.1) is 30.2 Å². The highest BCUT2D eigenvalue weighted by atomic mass is 16.5. The Balaban J connectivity index is 1.54. The van der Waals surface area contributed by atoms with Gasteiger partial charge in [-0.05, 0) is 48.3 Å². The van der Waals surface area contributed by atoms with Crippen molar-refractivity contribution in [3.8, 4) is 0 Å². The molecule has 0 N–H and O–H groups in total. The lowest BCUT2D eigenvalue weighted by Crippen LogP contribution is -2.40. The molecule has 24 heavy (non-hydrogen) atoms. The van der Waals surface area contributed by atoms with Crippen LogP contribution < -0.4 is 4.90 Å². The second-order valence-electron chi connectivity index (χ2n) is 7.21. The van der Waals surface area contributed by atoms with E-state index < -0.39 is 5.97 Å². The first kappa shape index (κ1) is 14.0. The Hall–Kier alpha value is -2.43. The zero-order valence-corrected chi connectivity index (χ0v) is 13.2. The highest BCUT2D eigenvalue weighted by Gasteiger charge is 2.67. The van der Waals surface area contributed by atoms with Crippen molar-refractivity contribution in [1.82, 2.24) is 0 Å². The maximum atomic E-state index is 13.0. The van der Waals surface area contributed by atoms with Crippen LogP contribution >= 0.6 is 0 Å². The minimum Gasteiger partial charge on any atom is -0.465 e. The molecular formula is C19H17NO4. The molecule has 0 aromatic heterocycles. The summed E-state index contributed by atoms with van der Waals surface area (Å²) in [6, 6.07) is 6.56. The first-order valence-corrected chi connectivity index (χ1v) is 8.36. The molecule has 5 heteroatoms. The zero-order valence-electron chi connectivity index (χ0n) is 13.2. The van der Waals surface area contributed by atoms with Gasteiger partial charge in [0.15, 0.2) is 0 Å². The molecule has 2 bridgehead atoms. The van der Waals surface area contributed by atoms with Gasteiger partial charge in [-0.1, -0.05) is 18.2 Å². The average Bonchev–Trinajstić information content (AvgIpc) is 3.38. The third-order valence-corrected chi connectivity index (χ3v) is 6.19. The molecule has 4 aliphatic carbocycles. The van der Waals surface area contributed by atoms with Gasteiger partial charge in [0.25, 0.3) is 0 Å². The van der Waals surface area contributed by atoms with Gasteiger partial charge in [-0.3, -0.25) is 9.59 Å². The Bertz CT molecular complexity index is 777. The Labute approximate surface area is 139 Å². The average molecular weight is 323 g/mol. The minimum atomic E-state index is -0.476. The number of esters is 1. The molecule has 6 atom stereocenters. The van der Waals surface area contributed by atoms with Gasteiger partial charge in [-0.15, -0.1) is 0 Å². The van der Waals surface area contributed by atoms with Crippen molar-refractivity contribution in [2.24, 2.45) is 35.5 Å². The van der Waals surface area contributed by atoms with Gasteiger partial charge in [-0.25, -0.2) is 9.69 Å². The number of nitrogens with zero attached hydrogens (tertiary/aromatic N) is 1. The lowest BCUT2D eigenvalue weighted by atomic mass is 9.63. The molecule has 1 aliphatic heterocycles. The van der Waals surface area contributed by atoms with Crippen LogP contribution in [-0.2, 0) is 14.3 Å². The van der Waals surface area contributed by atoms with Crippen LogP contribution in [-0.4, -0.2) is 24.9 Å². The summed E-state index contributed by atoms with van der Waals surface area (Å²) >= 11 is 0. The van der Waals surface area contributed by atoms with Crippen molar-refractivity contribution in [3.63, 3.8) is 0 Å². The van der Waals surface area contributed by atoms with Crippen LogP contribution in [0.3, 0.4) is 0 Å². The van der Waals surface area contributed by atoms with Gasteiger partial charge in [0.1, 0.15) is 0 Å². The third-order valence-electron chi connectivity index (χ3n) is 6.19. The second kappa shape index (κ2) is 4.56. The van der Waals surface area contributed by atoms with Crippen LogP contribution in [0.1, 0.15) is 16.8 Å². The Morgan fingerprint density at radius 3 is 2.29 bits per heavy atom. The molecule has 122 valence electrons. The lowest BCUT2D eigenvalue weighted by molar-refractivity contribution is -0.124. The van der Waals surface area contributed by atoms with E-state index >= 15 is 0 Å². The van der Waals surface area contributed by atoms with Crippen molar-refractivity contribution in [2.75, 3.05) is 12.0 Å². The largest absolute Gasteiger partial charge is 0.465 e. The molecule has 2 saturated carbocycles. The molecule has 0 radical (unpaired) electrons. The summed E-state index contributed by atoms with van der Waals surface area (Å²) in [5.74, 6) is 0.421. The fraction of sp³-hybridized carbons (Fsp3) is 0.421. The van der Waals surface area contributed by atoms with E-state index in [1.807, 2.05) is 0 Å². The molecule has 5 nitrogen and oxygen atoms in total. The SMILES string of the molecule is COC(=O)c1cccc(N2C(=O)[C@@H]3[C@@H]4C=C[C@H]([C@@H]5C[C@H]45)[C@H]3C2=O)c1. The normalized spacial score (nSPS) is 38.1. The Morgan fingerprint density at radius 1 is 1.08 bits per heavy atom. The summed E-state index contributed by atoms with van der Waals surface area (Å²) in [7, 11) is 1.31. The monoisotopic (exact) mass is 323 g/mol. The van der Waals surface area contributed by atoms with E-state index in [0.717, 1.165) is 6.42 Å². The van der Waals surface area contributed by atoms with Crippen molar-refractivity contribution in [2.45, 2.75) is 6.42 Å². The number of allylic oxidation sites excluding steroid dienone is 2. The summed E-state index contributed by atoms with van der Waals surface area (Å²) in [5, 5.41) is 0. The van der Waals surface area contributed by atoms with E-state index in [0.29, 0.717) is 23.1 Å². The van der Waals surface area contributed by atoms with Gasteiger partial charge >= 0.3 is 5.97 Å². The number of rotatable bonds is 2. The quantitative estimate of drug-likeness (QED) is 0.475. The molecule has 0 unspecified atom stereocenters. The molecule has 2 amide bonds. The van der Waals surface area contributed by atoms with Crippen molar-refractivity contribution in [1.29, 1.82) is 0 Å². The number of anilines is 1. The number of hydrogen-bond acceptors (Lipinski definition) is 4. The lowest BCUT2D eigenvalue weighted by Gasteiger charge is -2.37. The number of hydrogen-bond donors (Lipinski definition) is 0. The Morgan fingerprint density at radius 2 is 1.71 bits per heavy atom. The molecule has 0 spiro atoms. The van der Waals surface area contributed by atoms with Crippen molar-refractivity contribution >= 4 is 23.5 Å². The van der Waals surface area contributed by atoms with E-state index in [2.05, 4.69) is 12.2 Å². The molecule has 1 saturated heterocycles. The van der Waals surface area contributed by atoms with Crippen LogP contribution in [0.2, 0.25) is 0 Å². The number of imide groups is 1. The molecule has 5 aliphatic rings. The van der Waals surface area contributed by atoms with Gasteiger partial charge in [0, 0.05) is 0 Å². The molecular weight excluding hydrogens is 306 g/mol.